The van der Waals surface area contributed by atoms with Gasteiger partial charge in [-0.05, 0) is 55.0 Å². The Labute approximate surface area is 158 Å². The number of nitrogens with one attached hydrogen (secondary N) is 1. The van der Waals surface area contributed by atoms with Gasteiger partial charge in [0, 0.05) is 21.4 Å². The highest BCUT2D eigenvalue weighted by molar-refractivity contribution is 9.10. The molecule has 1 aromatic heterocycles. The minimum absolute atomic E-state index is 0.213. The van der Waals surface area contributed by atoms with E-state index in [0.717, 1.165) is 15.8 Å². The molecule has 128 valence electrons. The van der Waals surface area contributed by atoms with Crippen molar-refractivity contribution in [1.29, 1.82) is 0 Å². The van der Waals surface area contributed by atoms with Gasteiger partial charge in [-0.1, -0.05) is 33.6 Å². The number of aryl methyl sites for hydroxylation is 1. The van der Waals surface area contributed by atoms with Gasteiger partial charge in [-0.15, -0.1) is 0 Å². The number of carbonyl (C=O) groups excluding carboxylic acids is 1. The fraction of sp³-hybridized carbons (Fsp3) is 0.111. The lowest BCUT2D eigenvalue weighted by Gasteiger charge is -2.08. The van der Waals surface area contributed by atoms with E-state index >= 15 is 0 Å². The molecule has 1 N–H and O–H groups in total. The van der Waals surface area contributed by atoms with Crippen LogP contribution in [0.2, 0.25) is 5.02 Å². The first-order valence-electron chi connectivity index (χ1n) is 7.50. The minimum Gasteiger partial charge on any atom is -0.471 e. The largest absolute Gasteiger partial charge is 0.471 e. The lowest BCUT2D eigenvalue weighted by Crippen LogP contribution is -2.15. The van der Waals surface area contributed by atoms with Crippen molar-refractivity contribution in [2.24, 2.45) is 0 Å². The van der Waals surface area contributed by atoms with Crippen LogP contribution in [0.3, 0.4) is 0 Å². The van der Waals surface area contributed by atoms with Crippen LogP contribution in [0.25, 0.3) is 0 Å². The molecule has 1 heterocycles. The SMILES string of the molecule is Cc1ccc(Cl)cc1NC(=O)c1ccn(COc2ccc(Br)cc2)n1. The van der Waals surface area contributed by atoms with Crippen LogP contribution in [0.1, 0.15) is 16.1 Å². The predicted octanol–water partition coefficient (Wildman–Crippen LogP) is 4.90. The quantitative estimate of drug-likeness (QED) is 0.639. The first kappa shape index (κ1) is 17.5. The molecule has 1 amide bonds. The number of nitrogens with zero attached hydrogens (tertiary/aromatic N) is 2. The van der Waals surface area contributed by atoms with Crippen LogP contribution in [-0.4, -0.2) is 15.7 Å². The monoisotopic (exact) mass is 419 g/mol. The minimum atomic E-state index is -0.298. The van der Waals surface area contributed by atoms with Gasteiger partial charge in [0.05, 0.1) is 0 Å². The molecule has 0 bridgehead atoms. The van der Waals surface area contributed by atoms with E-state index in [0.29, 0.717) is 16.4 Å². The summed E-state index contributed by atoms with van der Waals surface area (Å²) < 4.78 is 8.16. The van der Waals surface area contributed by atoms with Crippen molar-refractivity contribution >= 4 is 39.1 Å². The van der Waals surface area contributed by atoms with E-state index in [1.54, 1.807) is 29.1 Å². The number of hydrogen-bond donors (Lipinski definition) is 1. The lowest BCUT2D eigenvalue weighted by atomic mass is 10.2. The number of ether oxygens (including phenoxy) is 1. The molecule has 0 atom stereocenters. The third kappa shape index (κ3) is 4.61. The lowest BCUT2D eigenvalue weighted by molar-refractivity contribution is 0.102. The molecule has 3 aromatic rings. The highest BCUT2D eigenvalue weighted by atomic mass is 79.9. The van der Waals surface area contributed by atoms with Gasteiger partial charge >= 0.3 is 0 Å². The maximum atomic E-state index is 12.3. The Balaban J connectivity index is 1.63. The average Bonchev–Trinajstić information content (AvgIpc) is 3.07. The summed E-state index contributed by atoms with van der Waals surface area (Å²) in [6.45, 7) is 2.11. The fourth-order valence-corrected chi connectivity index (χ4v) is 2.58. The Kier molecular flexibility index (Phi) is 5.40. The van der Waals surface area contributed by atoms with Gasteiger partial charge < -0.3 is 10.1 Å². The van der Waals surface area contributed by atoms with Crippen LogP contribution < -0.4 is 10.1 Å². The molecular formula is C18H15BrClN3O2. The topological polar surface area (TPSA) is 56.2 Å². The Hall–Kier alpha value is -2.31. The summed E-state index contributed by atoms with van der Waals surface area (Å²) in [5, 5.41) is 7.61. The van der Waals surface area contributed by atoms with Crippen molar-refractivity contribution in [3.05, 3.63) is 75.5 Å². The van der Waals surface area contributed by atoms with E-state index in [1.165, 1.54) is 0 Å². The van der Waals surface area contributed by atoms with Crippen LogP contribution in [0.5, 0.6) is 5.75 Å². The fourth-order valence-electron chi connectivity index (χ4n) is 2.14. The Morgan fingerprint density at radius 3 is 2.76 bits per heavy atom. The van der Waals surface area contributed by atoms with Crippen molar-refractivity contribution < 1.29 is 9.53 Å². The van der Waals surface area contributed by atoms with E-state index < -0.39 is 0 Å². The van der Waals surface area contributed by atoms with E-state index in [2.05, 4.69) is 26.3 Å². The summed E-state index contributed by atoms with van der Waals surface area (Å²) in [5.41, 5.74) is 1.90. The zero-order valence-corrected chi connectivity index (χ0v) is 15.7. The summed E-state index contributed by atoms with van der Waals surface area (Å²) in [7, 11) is 0. The molecule has 0 unspecified atom stereocenters. The van der Waals surface area contributed by atoms with Gasteiger partial charge in [0.25, 0.3) is 5.91 Å². The van der Waals surface area contributed by atoms with Gasteiger partial charge in [-0.2, -0.15) is 5.10 Å². The van der Waals surface area contributed by atoms with Crippen LogP contribution >= 0.6 is 27.5 Å². The molecule has 0 aliphatic rings. The number of rotatable bonds is 5. The van der Waals surface area contributed by atoms with E-state index in [9.17, 15) is 4.79 Å². The molecular weight excluding hydrogens is 406 g/mol. The van der Waals surface area contributed by atoms with Crippen molar-refractivity contribution in [2.75, 3.05) is 5.32 Å². The Morgan fingerprint density at radius 1 is 1.24 bits per heavy atom. The van der Waals surface area contributed by atoms with Gasteiger partial charge in [0.2, 0.25) is 0 Å². The average molecular weight is 421 g/mol. The Morgan fingerprint density at radius 2 is 2.00 bits per heavy atom. The second-order valence-corrected chi connectivity index (χ2v) is 6.73. The third-order valence-electron chi connectivity index (χ3n) is 3.50. The summed E-state index contributed by atoms with van der Waals surface area (Å²) >= 11 is 9.34. The molecule has 3 rings (SSSR count). The summed E-state index contributed by atoms with van der Waals surface area (Å²) in [6, 6.07) is 14.5. The standard InChI is InChI=1S/C18H15BrClN3O2/c1-12-2-5-14(20)10-17(12)21-18(24)16-8-9-23(22-16)11-25-15-6-3-13(19)4-7-15/h2-10H,11H2,1H3,(H,21,24). The third-order valence-corrected chi connectivity index (χ3v) is 4.26. The van der Waals surface area contributed by atoms with Gasteiger partial charge in [-0.3, -0.25) is 4.79 Å². The number of carbonyl (C=O) groups is 1. The van der Waals surface area contributed by atoms with Gasteiger partial charge in [0.1, 0.15) is 5.75 Å². The number of hydrogen-bond acceptors (Lipinski definition) is 3. The zero-order chi connectivity index (χ0) is 17.8. The summed E-state index contributed by atoms with van der Waals surface area (Å²) in [5.74, 6) is 0.423. The summed E-state index contributed by atoms with van der Waals surface area (Å²) in [6.07, 6.45) is 1.69. The van der Waals surface area contributed by atoms with Crippen LogP contribution in [0, 0.1) is 6.92 Å². The number of anilines is 1. The molecule has 2 aromatic carbocycles. The number of aromatic nitrogens is 2. The van der Waals surface area contributed by atoms with E-state index in [1.807, 2.05) is 37.3 Å². The smallest absolute Gasteiger partial charge is 0.276 e. The molecule has 0 saturated carbocycles. The molecule has 0 spiro atoms. The van der Waals surface area contributed by atoms with Gasteiger partial charge in [-0.25, -0.2) is 4.68 Å². The van der Waals surface area contributed by atoms with Crippen LogP contribution in [0.4, 0.5) is 5.69 Å². The first-order chi connectivity index (χ1) is 12.0. The van der Waals surface area contributed by atoms with Crippen molar-refractivity contribution in [3.63, 3.8) is 0 Å². The maximum Gasteiger partial charge on any atom is 0.276 e. The van der Waals surface area contributed by atoms with E-state index in [-0.39, 0.29) is 12.6 Å². The van der Waals surface area contributed by atoms with Crippen molar-refractivity contribution in [2.45, 2.75) is 13.7 Å². The maximum absolute atomic E-state index is 12.3. The first-order valence-corrected chi connectivity index (χ1v) is 8.68. The molecule has 25 heavy (non-hydrogen) atoms. The number of amides is 1. The van der Waals surface area contributed by atoms with Crippen molar-refractivity contribution in [3.8, 4) is 5.75 Å². The number of benzene rings is 2. The Bertz CT molecular complexity index is 894. The van der Waals surface area contributed by atoms with E-state index in [4.69, 9.17) is 16.3 Å². The molecule has 0 radical (unpaired) electrons. The zero-order valence-electron chi connectivity index (χ0n) is 13.4. The molecule has 0 aliphatic carbocycles. The van der Waals surface area contributed by atoms with Crippen LogP contribution in [-0.2, 0) is 6.73 Å². The molecule has 0 fully saturated rings. The van der Waals surface area contributed by atoms with Crippen LogP contribution in [0.15, 0.2) is 59.2 Å². The highest BCUT2D eigenvalue weighted by Gasteiger charge is 2.11. The molecule has 7 heteroatoms. The normalized spacial score (nSPS) is 10.5. The molecule has 0 aliphatic heterocycles. The molecule has 0 saturated heterocycles. The molecule has 5 nitrogen and oxygen atoms in total. The number of halogens is 2. The second kappa shape index (κ2) is 7.72. The van der Waals surface area contributed by atoms with Gasteiger partial charge in [0.15, 0.2) is 12.4 Å². The second-order valence-electron chi connectivity index (χ2n) is 5.38. The predicted molar refractivity (Wildman–Crippen MR) is 101 cm³/mol. The summed E-state index contributed by atoms with van der Waals surface area (Å²) in [4.78, 5) is 12.3. The van der Waals surface area contributed by atoms with Crippen molar-refractivity contribution in [1.82, 2.24) is 9.78 Å². The highest BCUT2D eigenvalue weighted by Crippen LogP contribution is 2.21.